The highest BCUT2D eigenvalue weighted by Crippen LogP contribution is 2.28. The SMILES string of the molecule is O=S(c1ccccc1)c1ccc2[nH]c3c(c2c1)CNCC3. The molecule has 0 saturated carbocycles. The van der Waals surface area contributed by atoms with E-state index >= 15 is 0 Å². The summed E-state index contributed by atoms with van der Waals surface area (Å²) in [6.45, 7) is 1.90. The zero-order chi connectivity index (χ0) is 14.2. The Labute approximate surface area is 125 Å². The second-order valence-electron chi connectivity index (χ2n) is 5.30. The van der Waals surface area contributed by atoms with E-state index in [-0.39, 0.29) is 0 Å². The molecule has 4 rings (SSSR count). The van der Waals surface area contributed by atoms with Crippen LogP contribution >= 0.6 is 0 Å². The van der Waals surface area contributed by atoms with Gasteiger partial charge in [0.25, 0.3) is 0 Å². The first kappa shape index (κ1) is 12.8. The van der Waals surface area contributed by atoms with Crippen molar-refractivity contribution in [3.63, 3.8) is 0 Å². The quantitative estimate of drug-likeness (QED) is 0.763. The average molecular weight is 296 g/mol. The Hall–Kier alpha value is -1.91. The molecule has 3 aromatic rings. The molecule has 0 radical (unpaired) electrons. The number of H-pyrrole nitrogens is 1. The lowest BCUT2D eigenvalue weighted by atomic mass is 10.1. The fourth-order valence-corrected chi connectivity index (χ4v) is 4.01. The molecule has 106 valence electrons. The van der Waals surface area contributed by atoms with Crippen LogP contribution in [-0.2, 0) is 23.8 Å². The van der Waals surface area contributed by atoms with Gasteiger partial charge in [-0.15, -0.1) is 0 Å². The molecule has 1 aromatic heterocycles. The van der Waals surface area contributed by atoms with Crippen LogP contribution in [0.1, 0.15) is 11.3 Å². The van der Waals surface area contributed by atoms with E-state index in [1.54, 1.807) is 0 Å². The molecule has 0 aliphatic carbocycles. The maximum atomic E-state index is 12.7. The summed E-state index contributed by atoms with van der Waals surface area (Å²) in [4.78, 5) is 5.19. The number of hydrogen-bond donors (Lipinski definition) is 2. The maximum absolute atomic E-state index is 12.7. The first-order valence-electron chi connectivity index (χ1n) is 7.14. The highest BCUT2D eigenvalue weighted by atomic mass is 32.2. The Morgan fingerprint density at radius 1 is 1.00 bits per heavy atom. The summed E-state index contributed by atoms with van der Waals surface area (Å²) < 4.78 is 12.7. The molecule has 0 spiro atoms. The van der Waals surface area contributed by atoms with Gasteiger partial charge in [0.15, 0.2) is 0 Å². The van der Waals surface area contributed by atoms with E-state index in [0.717, 1.165) is 34.8 Å². The Morgan fingerprint density at radius 2 is 1.86 bits per heavy atom. The van der Waals surface area contributed by atoms with Gasteiger partial charge in [0.1, 0.15) is 0 Å². The van der Waals surface area contributed by atoms with Gasteiger partial charge in [0.2, 0.25) is 0 Å². The molecule has 0 bridgehead atoms. The number of rotatable bonds is 2. The summed E-state index contributed by atoms with van der Waals surface area (Å²) in [5.74, 6) is 0. The van der Waals surface area contributed by atoms with Gasteiger partial charge in [-0.2, -0.15) is 0 Å². The van der Waals surface area contributed by atoms with Crippen LogP contribution in [0.2, 0.25) is 0 Å². The summed E-state index contributed by atoms with van der Waals surface area (Å²) in [5.41, 5.74) is 3.77. The smallest absolute Gasteiger partial charge is 0.0849 e. The minimum absolute atomic E-state index is 0.847. The van der Waals surface area contributed by atoms with Crippen LogP contribution in [0.5, 0.6) is 0 Å². The molecule has 1 atom stereocenters. The molecule has 1 aliphatic heterocycles. The highest BCUT2D eigenvalue weighted by Gasteiger charge is 2.16. The zero-order valence-electron chi connectivity index (χ0n) is 11.6. The Kier molecular flexibility index (Phi) is 3.13. The van der Waals surface area contributed by atoms with Crippen molar-refractivity contribution in [1.82, 2.24) is 10.3 Å². The van der Waals surface area contributed by atoms with Crippen LogP contribution < -0.4 is 5.32 Å². The molecule has 2 N–H and O–H groups in total. The minimum atomic E-state index is -1.12. The third kappa shape index (κ3) is 2.20. The Morgan fingerprint density at radius 3 is 2.71 bits per heavy atom. The van der Waals surface area contributed by atoms with E-state index in [0.29, 0.717) is 0 Å². The molecule has 21 heavy (non-hydrogen) atoms. The van der Waals surface area contributed by atoms with Crippen molar-refractivity contribution in [2.24, 2.45) is 0 Å². The minimum Gasteiger partial charge on any atom is -0.358 e. The van der Waals surface area contributed by atoms with Gasteiger partial charge < -0.3 is 10.3 Å². The number of aromatic nitrogens is 1. The Bertz CT molecular complexity index is 823. The van der Waals surface area contributed by atoms with Crippen molar-refractivity contribution in [3.8, 4) is 0 Å². The molecular formula is C17H16N2OS. The third-order valence-corrected chi connectivity index (χ3v) is 5.37. The van der Waals surface area contributed by atoms with E-state index in [1.165, 1.54) is 16.6 Å². The number of hydrogen-bond acceptors (Lipinski definition) is 2. The van der Waals surface area contributed by atoms with Crippen molar-refractivity contribution in [2.45, 2.75) is 22.8 Å². The predicted molar refractivity (Wildman–Crippen MR) is 84.8 cm³/mol. The van der Waals surface area contributed by atoms with Gasteiger partial charge >= 0.3 is 0 Å². The van der Waals surface area contributed by atoms with Crippen molar-refractivity contribution in [1.29, 1.82) is 0 Å². The fourth-order valence-electron chi connectivity index (χ4n) is 2.92. The molecule has 1 unspecified atom stereocenters. The largest absolute Gasteiger partial charge is 0.358 e. The lowest BCUT2D eigenvalue weighted by Gasteiger charge is -2.12. The molecule has 3 nitrogen and oxygen atoms in total. The van der Waals surface area contributed by atoms with E-state index in [9.17, 15) is 4.21 Å². The summed E-state index contributed by atoms with van der Waals surface area (Å²) in [6.07, 6.45) is 1.03. The zero-order valence-corrected chi connectivity index (χ0v) is 12.4. The number of aromatic amines is 1. The molecular weight excluding hydrogens is 280 g/mol. The van der Waals surface area contributed by atoms with Gasteiger partial charge in [-0.1, -0.05) is 18.2 Å². The lowest BCUT2D eigenvalue weighted by Crippen LogP contribution is -2.22. The number of fused-ring (bicyclic) bond motifs is 3. The first-order valence-corrected chi connectivity index (χ1v) is 8.29. The monoisotopic (exact) mass is 296 g/mol. The van der Waals surface area contributed by atoms with Crippen LogP contribution in [0.3, 0.4) is 0 Å². The molecule has 4 heteroatoms. The standard InChI is InChI=1S/C17H16N2OS/c20-21(12-4-2-1-3-5-12)13-6-7-16-14(10-13)15-11-18-9-8-17(15)19-16/h1-7,10,18-19H,8-9,11H2. The first-order chi connectivity index (χ1) is 10.3. The third-order valence-electron chi connectivity index (χ3n) is 3.99. The van der Waals surface area contributed by atoms with Crippen LogP contribution in [0.4, 0.5) is 0 Å². The normalized spacial score (nSPS) is 15.8. The summed E-state index contributed by atoms with van der Waals surface area (Å²) in [7, 11) is -1.12. The number of nitrogens with one attached hydrogen (secondary N) is 2. The van der Waals surface area contributed by atoms with E-state index in [1.807, 2.05) is 42.5 Å². The van der Waals surface area contributed by atoms with E-state index in [4.69, 9.17) is 0 Å². The topological polar surface area (TPSA) is 44.9 Å². The average Bonchev–Trinajstić information content (AvgIpc) is 2.93. The summed E-state index contributed by atoms with van der Waals surface area (Å²) in [6, 6.07) is 15.7. The van der Waals surface area contributed by atoms with Crippen molar-refractivity contribution in [3.05, 3.63) is 59.8 Å². The molecule has 2 heterocycles. The summed E-state index contributed by atoms with van der Waals surface area (Å²) >= 11 is 0. The van der Waals surface area contributed by atoms with Crippen LogP contribution in [0.15, 0.2) is 58.3 Å². The molecule has 0 fully saturated rings. The maximum Gasteiger partial charge on any atom is 0.0849 e. The van der Waals surface area contributed by atoms with Crippen LogP contribution in [0.25, 0.3) is 10.9 Å². The van der Waals surface area contributed by atoms with Crippen molar-refractivity contribution >= 4 is 21.7 Å². The van der Waals surface area contributed by atoms with E-state index in [2.05, 4.69) is 16.4 Å². The van der Waals surface area contributed by atoms with Gasteiger partial charge in [-0.25, -0.2) is 4.21 Å². The van der Waals surface area contributed by atoms with Gasteiger partial charge in [-0.3, -0.25) is 0 Å². The van der Waals surface area contributed by atoms with Gasteiger partial charge in [-0.05, 0) is 35.9 Å². The Balaban J connectivity index is 1.82. The summed E-state index contributed by atoms with van der Waals surface area (Å²) in [5, 5.41) is 4.60. The van der Waals surface area contributed by atoms with Crippen molar-refractivity contribution < 1.29 is 4.21 Å². The van der Waals surface area contributed by atoms with Crippen LogP contribution in [-0.4, -0.2) is 15.7 Å². The predicted octanol–water partition coefficient (Wildman–Crippen LogP) is 2.98. The van der Waals surface area contributed by atoms with Gasteiger partial charge in [0, 0.05) is 45.9 Å². The molecule has 2 aromatic carbocycles. The van der Waals surface area contributed by atoms with E-state index < -0.39 is 10.8 Å². The lowest BCUT2D eigenvalue weighted by molar-refractivity contribution is 0.640. The molecule has 1 aliphatic rings. The van der Waals surface area contributed by atoms with Crippen molar-refractivity contribution in [2.75, 3.05) is 6.54 Å². The second kappa shape index (κ2) is 5.13. The van der Waals surface area contributed by atoms with Crippen LogP contribution in [0, 0.1) is 0 Å². The second-order valence-corrected chi connectivity index (χ2v) is 6.78. The van der Waals surface area contributed by atoms with Gasteiger partial charge in [0.05, 0.1) is 10.8 Å². The molecule has 0 amide bonds. The fraction of sp³-hybridized carbons (Fsp3) is 0.176. The highest BCUT2D eigenvalue weighted by molar-refractivity contribution is 7.85. The number of benzene rings is 2. The molecule has 0 saturated heterocycles.